The number of hydrogen-bond acceptors (Lipinski definition) is 2. The monoisotopic (exact) mass is 244 g/mol. The fourth-order valence-corrected chi connectivity index (χ4v) is 1.46. The van der Waals surface area contributed by atoms with Gasteiger partial charge in [-0.3, -0.25) is 4.79 Å². The van der Waals surface area contributed by atoms with Crippen LogP contribution in [0.5, 0.6) is 0 Å². The van der Waals surface area contributed by atoms with Crippen LogP contribution >= 0.6 is 0 Å². The maximum Gasteiger partial charge on any atom is 0.315 e. The molecule has 0 aliphatic heterocycles. The summed E-state index contributed by atoms with van der Waals surface area (Å²) in [5.74, 6) is -0.293. The van der Waals surface area contributed by atoms with Gasteiger partial charge < -0.3 is 15.7 Å². The molecule has 2 unspecified atom stereocenters. The Kier molecular flexibility index (Phi) is 7.34. The van der Waals surface area contributed by atoms with Gasteiger partial charge >= 0.3 is 12.0 Å². The third-order valence-corrected chi connectivity index (χ3v) is 2.41. The van der Waals surface area contributed by atoms with Crippen molar-refractivity contribution in [1.82, 2.24) is 10.6 Å². The largest absolute Gasteiger partial charge is 0.481 e. The number of carboxylic acid groups (broad SMARTS) is 1. The normalized spacial score (nSPS) is 14.2. The van der Waals surface area contributed by atoms with Crippen molar-refractivity contribution in [1.29, 1.82) is 0 Å². The predicted octanol–water partition coefficient (Wildman–Crippen LogP) is 1.97. The maximum atomic E-state index is 11.5. The van der Waals surface area contributed by atoms with Crippen LogP contribution in [-0.4, -0.2) is 29.2 Å². The molecule has 5 nitrogen and oxygen atoms in total. The van der Waals surface area contributed by atoms with Gasteiger partial charge in [-0.05, 0) is 32.6 Å². The first kappa shape index (κ1) is 15.7. The van der Waals surface area contributed by atoms with E-state index in [0.717, 1.165) is 12.8 Å². The molecule has 0 aromatic carbocycles. The van der Waals surface area contributed by atoms with E-state index in [9.17, 15) is 9.59 Å². The van der Waals surface area contributed by atoms with E-state index < -0.39 is 5.97 Å². The molecule has 0 aromatic heterocycles. The van der Waals surface area contributed by atoms with Crippen LogP contribution in [0.2, 0.25) is 0 Å². The molecule has 0 saturated heterocycles. The lowest BCUT2D eigenvalue weighted by Crippen LogP contribution is -2.45. The summed E-state index contributed by atoms with van der Waals surface area (Å²) < 4.78 is 0. The molecule has 3 N–H and O–H groups in total. The lowest BCUT2D eigenvalue weighted by molar-refractivity contribution is -0.137. The maximum absolute atomic E-state index is 11.5. The standard InChI is InChI=1S/C12H24N2O3/c1-8(2)5-6-9(3)13-12(17)14-10(4)7-11(15)16/h8-10H,5-7H2,1-4H3,(H,15,16)(H2,13,14,17). The molecule has 17 heavy (non-hydrogen) atoms. The first-order valence-electron chi connectivity index (χ1n) is 6.10. The molecular weight excluding hydrogens is 220 g/mol. The van der Waals surface area contributed by atoms with Gasteiger partial charge in [0.2, 0.25) is 0 Å². The molecule has 100 valence electrons. The van der Waals surface area contributed by atoms with E-state index in [1.54, 1.807) is 6.92 Å². The number of amides is 2. The van der Waals surface area contributed by atoms with Crippen LogP contribution < -0.4 is 10.6 Å². The minimum absolute atomic E-state index is 0.0617. The van der Waals surface area contributed by atoms with E-state index in [2.05, 4.69) is 24.5 Å². The Morgan fingerprint density at radius 1 is 1.00 bits per heavy atom. The Morgan fingerprint density at radius 3 is 2.00 bits per heavy atom. The van der Waals surface area contributed by atoms with E-state index in [0.29, 0.717) is 5.92 Å². The molecule has 0 bridgehead atoms. The molecule has 2 amide bonds. The fourth-order valence-electron chi connectivity index (χ4n) is 1.46. The quantitative estimate of drug-likeness (QED) is 0.640. The van der Waals surface area contributed by atoms with E-state index in [-0.39, 0.29) is 24.5 Å². The zero-order valence-corrected chi connectivity index (χ0v) is 11.1. The van der Waals surface area contributed by atoms with Gasteiger partial charge in [0.15, 0.2) is 0 Å². The van der Waals surface area contributed by atoms with Crippen molar-refractivity contribution in [2.75, 3.05) is 0 Å². The summed E-state index contributed by atoms with van der Waals surface area (Å²) in [5, 5.41) is 13.9. The summed E-state index contributed by atoms with van der Waals surface area (Å²) in [7, 11) is 0. The number of carbonyl (C=O) groups is 2. The van der Waals surface area contributed by atoms with Gasteiger partial charge in [-0.15, -0.1) is 0 Å². The molecule has 5 heteroatoms. The van der Waals surface area contributed by atoms with Gasteiger partial charge in [0.1, 0.15) is 0 Å². The van der Waals surface area contributed by atoms with Gasteiger partial charge in [0.25, 0.3) is 0 Å². The minimum Gasteiger partial charge on any atom is -0.481 e. The summed E-state index contributed by atoms with van der Waals surface area (Å²) in [6.07, 6.45) is 1.93. The molecule has 0 radical (unpaired) electrons. The van der Waals surface area contributed by atoms with Crippen molar-refractivity contribution in [3.8, 4) is 0 Å². The van der Waals surface area contributed by atoms with E-state index >= 15 is 0 Å². The summed E-state index contributed by atoms with van der Waals surface area (Å²) in [6.45, 7) is 7.90. The highest BCUT2D eigenvalue weighted by atomic mass is 16.4. The van der Waals surface area contributed by atoms with Crippen molar-refractivity contribution in [2.24, 2.45) is 5.92 Å². The highest BCUT2D eigenvalue weighted by Gasteiger charge is 2.12. The topological polar surface area (TPSA) is 78.4 Å². The van der Waals surface area contributed by atoms with Crippen LogP contribution in [-0.2, 0) is 4.79 Å². The molecular formula is C12H24N2O3. The molecule has 2 atom stereocenters. The highest BCUT2D eigenvalue weighted by Crippen LogP contribution is 2.06. The van der Waals surface area contributed by atoms with Gasteiger partial charge in [0.05, 0.1) is 6.42 Å². The average molecular weight is 244 g/mol. The molecule has 0 rings (SSSR count). The van der Waals surface area contributed by atoms with Crippen molar-refractivity contribution < 1.29 is 14.7 Å². The molecule has 0 fully saturated rings. The second kappa shape index (κ2) is 7.92. The summed E-state index contributed by atoms with van der Waals surface area (Å²) >= 11 is 0. The minimum atomic E-state index is -0.911. The molecule has 0 heterocycles. The Labute approximate surface area is 103 Å². The lowest BCUT2D eigenvalue weighted by Gasteiger charge is -2.18. The van der Waals surface area contributed by atoms with Crippen molar-refractivity contribution in [3.63, 3.8) is 0 Å². The van der Waals surface area contributed by atoms with Crippen LogP contribution in [0.4, 0.5) is 4.79 Å². The van der Waals surface area contributed by atoms with Crippen LogP contribution in [0, 0.1) is 5.92 Å². The van der Waals surface area contributed by atoms with Gasteiger partial charge in [-0.1, -0.05) is 13.8 Å². The van der Waals surface area contributed by atoms with E-state index in [1.165, 1.54) is 0 Å². The van der Waals surface area contributed by atoms with E-state index in [1.807, 2.05) is 6.92 Å². The molecule has 0 spiro atoms. The fraction of sp³-hybridized carbons (Fsp3) is 0.833. The number of rotatable bonds is 7. The van der Waals surface area contributed by atoms with Gasteiger partial charge in [-0.2, -0.15) is 0 Å². The Hall–Kier alpha value is -1.26. The zero-order chi connectivity index (χ0) is 13.4. The van der Waals surface area contributed by atoms with Crippen LogP contribution in [0.25, 0.3) is 0 Å². The van der Waals surface area contributed by atoms with Crippen molar-refractivity contribution in [2.45, 2.75) is 59.0 Å². The first-order chi connectivity index (χ1) is 7.81. The second-order valence-corrected chi connectivity index (χ2v) is 4.99. The number of carbonyl (C=O) groups excluding carboxylic acids is 1. The van der Waals surface area contributed by atoms with Crippen LogP contribution in [0.1, 0.15) is 47.0 Å². The molecule has 0 aliphatic carbocycles. The Balaban J connectivity index is 3.80. The smallest absolute Gasteiger partial charge is 0.315 e. The summed E-state index contributed by atoms with van der Waals surface area (Å²) in [5.41, 5.74) is 0. The second-order valence-electron chi connectivity index (χ2n) is 4.99. The summed E-state index contributed by atoms with van der Waals surface area (Å²) in [6, 6.07) is -0.547. The van der Waals surface area contributed by atoms with Crippen LogP contribution in [0.15, 0.2) is 0 Å². The molecule has 0 aromatic rings. The number of hydrogen-bond donors (Lipinski definition) is 3. The predicted molar refractivity (Wildman–Crippen MR) is 66.9 cm³/mol. The molecule has 0 saturated carbocycles. The first-order valence-corrected chi connectivity index (χ1v) is 6.10. The zero-order valence-electron chi connectivity index (χ0n) is 11.1. The number of urea groups is 1. The Morgan fingerprint density at radius 2 is 1.53 bits per heavy atom. The van der Waals surface area contributed by atoms with E-state index in [4.69, 9.17) is 5.11 Å². The average Bonchev–Trinajstić information content (AvgIpc) is 2.12. The summed E-state index contributed by atoms with van der Waals surface area (Å²) in [4.78, 5) is 21.9. The van der Waals surface area contributed by atoms with Gasteiger partial charge in [0, 0.05) is 12.1 Å². The van der Waals surface area contributed by atoms with Crippen LogP contribution in [0.3, 0.4) is 0 Å². The number of aliphatic carboxylic acids is 1. The third kappa shape index (κ3) is 9.66. The molecule has 0 aliphatic rings. The number of carboxylic acids is 1. The Bertz CT molecular complexity index is 254. The van der Waals surface area contributed by atoms with Crippen molar-refractivity contribution >= 4 is 12.0 Å². The highest BCUT2D eigenvalue weighted by molar-refractivity contribution is 5.75. The lowest BCUT2D eigenvalue weighted by atomic mass is 10.0. The number of nitrogens with one attached hydrogen (secondary N) is 2. The van der Waals surface area contributed by atoms with Gasteiger partial charge in [-0.25, -0.2) is 4.79 Å². The van der Waals surface area contributed by atoms with Crippen molar-refractivity contribution in [3.05, 3.63) is 0 Å². The third-order valence-electron chi connectivity index (χ3n) is 2.41. The SMILES string of the molecule is CC(C)CCC(C)NC(=O)NC(C)CC(=O)O.